The van der Waals surface area contributed by atoms with Crippen molar-refractivity contribution in [1.29, 1.82) is 0 Å². The van der Waals surface area contributed by atoms with E-state index in [9.17, 15) is 18.4 Å². The van der Waals surface area contributed by atoms with Crippen LogP contribution in [0.25, 0.3) is 0 Å². The first-order chi connectivity index (χ1) is 9.60. The molecule has 0 radical (unpaired) electrons. The summed E-state index contributed by atoms with van der Waals surface area (Å²) in [4.78, 5) is 25.5. The topological polar surface area (TPSA) is 49.9 Å². The van der Waals surface area contributed by atoms with Crippen LogP contribution in [0.5, 0.6) is 5.75 Å². The predicted octanol–water partition coefficient (Wildman–Crippen LogP) is 0.644. The number of hydrogen-bond acceptors (Lipinski definition) is 3. The zero-order chi connectivity index (χ0) is 14.5. The smallest absolute Gasteiger partial charge is 0.260 e. The monoisotopic (exact) mass is 284 g/mol. The minimum Gasteiger partial charge on any atom is -0.484 e. The van der Waals surface area contributed by atoms with Gasteiger partial charge in [0, 0.05) is 32.2 Å². The number of amides is 2. The van der Waals surface area contributed by atoms with E-state index < -0.39 is 11.6 Å². The van der Waals surface area contributed by atoms with E-state index in [0.717, 1.165) is 18.5 Å². The molecule has 1 fully saturated rings. The van der Waals surface area contributed by atoms with Gasteiger partial charge in [0.2, 0.25) is 6.41 Å². The maximum Gasteiger partial charge on any atom is 0.260 e. The fraction of sp³-hybridized carbons (Fsp3) is 0.385. The van der Waals surface area contributed by atoms with Gasteiger partial charge in [-0.2, -0.15) is 0 Å². The molecule has 0 N–H and O–H groups in total. The van der Waals surface area contributed by atoms with E-state index in [1.807, 2.05) is 0 Å². The first-order valence-corrected chi connectivity index (χ1v) is 6.15. The van der Waals surface area contributed by atoms with Gasteiger partial charge in [0.1, 0.15) is 5.75 Å². The van der Waals surface area contributed by atoms with Crippen LogP contribution in [0.2, 0.25) is 0 Å². The minimum absolute atomic E-state index is 0.101. The van der Waals surface area contributed by atoms with Crippen molar-refractivity contribution < 1.29 is 23.1 Å². The second-order valence-electron chi connectivity index (χ2n) is 4.39. The van der Waals surface area contributed by atoms with Crippen molar-refractivity contribution in [3.63, 3.8) is 0 Å². The first kappa shape index (κ1) is 14.2. The number of piperazine rings is 1. The molecule has 1 aliphatic heterocycles. The average Bonchev–Trinajstić information content (AvgIpc) is 2.48. The Kier molecular flexibility index (Phi) is 4.49. The molecule has 108 valence electrons. The molecule has 1 aromatic carbocycles. The Hall–Kier alpha value is -2.18. The molecule has 7 heteroatoms. The molecule has 1 saturated heterocycles. The Bertz CT molecular complexity index is 502. The summed E-state index contributed by atoms with van der Waals surface area (Å²) in [6, 6.07) is 3.10. The van der Waals surface area contributed by atoms with Crippen molar-refractivity contribution in [3.8, 4) is 5.75 Å². The van der Waals surface area contributed by atoms with Crippen LogP contribution in [0.1, 0.15) is 0 Å². The van der Waals surface area contributed by atoms with E-state index in [-0.39, 0.29) is 18.3 Å². The number of benzene rings is 1. The molecular weight excluding hydrogens is 270 g/mol. The lowest BCUT2D eigenvalue weighted by molar-refractivity contribution is -0.137. The summed E-state index contributed by atoms with van der Waals surface area (Å²) < 4.78 is 30.8. The van der Waals surface area contributed by atoms with Gasteiger partial charge in [-0.05, 0) is 12.1 Å². The third-order valence-electron chi connectivity index (χ3n) is 3.07. The van der Waals surface area contributed by atoms with Gasteiger partial charge in [-0.25, -0.2) is 8.78 Å². The molecule has 0 aromatic heterocycles. The van der Waals surface area contributed by atoms with E-state index >= 15 is 0 Å². The van der Waals surface area contributed by atoms with Gasteiger partial charge in [0.15, 0.2) is 18.2 Å². The Morgan fingerprint density at radius 1 is 1.20 bits per heavy atom. The Balaban J connectivity index is 1.83. The lowest BCUT2D eigenvalue weighted by atomic mass is 10.3. The van der Waals surface area contributed by atoms with Crippen molar-refractivity contribution in [2.45, 2.75) is 0 Å². The van der Waals surface area contributed by atoms with Gasteiger partial charge in [-0.15, -0.1) is 0 Å². The van der Waals surface area contributed by atoms with Gasteiger partial charge < -0.3 is 14.5 Å². The van der Waals surface area contributed by atoms with Gasteiger partial charge in [0.05, 0.1) is 0 Å². The molecule has 0 spiro atoms. The van der Waals surface area contributed by atoms with Gasteiger partial charge in [-0.1, -0.05) is 0 Å². The zero-order valence-electron chi connectivity index (χ0n) is 10.7. The number of carbonyl (C=O) groups excluding carboxylic acids is 2. The van der Waals surface area contributed by atoms with E-state index in [1.54, 1.807) is 9.80 Å². The summed E-state index contributed by atoms with van der Waals surface area (Å²) in [5.74, 6) is -2.13. The molecule has 2 rings (SSSR count). The third kappa shape index (κ3) is 3.43. The molecular formula is C13H14F2N2O3. The summed E-state index contributed by atoms with van der Waals surface area (Å²) >= 11 is 0. The van der Waals surface area contributed by atoms with Crippen molar-refractivity contribution in [2.24, 2.45) is 0 Å². The summed E-state index contributed by atoms with van der Waals surface area (Å²) in [6.45, 7) is 1.62. The number of rotatable bonds is 4. The maximum absolute atomic E-state index is 13.0. The minimum atomic E-state index is -1.02. The van der Waals surface area contributed by atoms with Crippen LogP contribution in [0.4, 0.5) is 8.78 Å². The second-order valence-corrected chi connectivity index (χ2v) is 4.39. The van der Waals surface area contributed by atoms with Crippen LogP contribution >= 0.6 is 0 Å². The molecule has 0 saturated carbocycles. The Morgan fingerprint density at radius 2 is 1.90 bits per heavy atom. The third-order valence-corrected chi connectivity index (χ3v) is 3.07. The van der Waals surface area contributed by atoms with Crippen molar-refractivity contribution in [3.05, 3.63) is 29.8 Å². The number of hydrogen-bond donors (Lipinski definition) is 0. The van der Waals surface area contributed by atoms with Crippen molar-refractivity contribution in [1.82, 2.24) is 9.80 Å². The lowest BCUT2D eigenvalue weighted by Crippen LogP contribution is -2.49. The maximum atomic E-state index is 13.0. The summed E-state index contributed by atoms with van der Waals surface area (Å²) in [5.41, 5.74) is 0. The van der Waals surface area contributed by atoms with E-state index in [0.29, 0.717) is 26.2 Å². The van der Waals surface area contributed by atoms with Crippen LogP contribution in [-0.4, -0.2) is 54.9 Å². The van der Waals surface area contributed by atoms with E-state index in [4.69, 9.17) is 4.74 Å². The summed E-state index contributed by atoms with van der Waals surface area (Å²) in [7, 11) is 0. The summed E-state index contributed by atoms with van der Waals surface area (Å²) in [5, 5.41) is 0. The largest absolute Gasteiger partial charge is 0.484 e. The first-order valence-electron chi connectivity index (χ1n) is 6.15. The Morgan fingerprint density at radius 3 is 2.50 bits per heavy atom. The van der Waals surface area contributed by atoms with Gasteiger partial charge in [0.25, 0.3) is 5.91 Å². The molecule has 1 aromatic rings. The molecule has 0 aliphatic carbocycles. The van der Waals surface area contributed by atoms with Crippen LogP contribution in [0, 0.1) is 11.6 Å². The van der Waals surface area contributed by atoms with Crippen LogP contribution in [0.15, 0.2) is 18.2 Å². The molecule has 0 atom stereocenters. The van der Waals surface area contributed by atoms with Gasteiger partial charge in [-0.3, -0.25) is 9.59 Å². The highest BCUT2D eigenvalue weighted by Crippen LogP contribution is 2.15. The van der Waals surface area contributed by atoms with Crippen molar-refractivity contribution in [2.75, 3.05) is 32.8 Å². The zero-order valence-corrected chi connectivity index (χ0v) is 10.7. The van der Waals surface area contributed by atoms with Crippen LogP contribution < -0.4 is 4.74 Å². The average molecular weight is 284 g/mol. The highest BCUT2D eigenvalue weighted by Gasteiger charge is 2.20. The Labute approximate surface area is 114 Å². The van der Waals surface area contributed by atoms with Crippen LogP contribution in [0.3, 0.4) is 0 Å². The molecule has 20 heavy (non-hydrogen) atoms. The fourth-order valence-electron chi connectivity index (χ4n) is 1.88. The number of ether oxygens (including phenoxy) is 1. The number of carbonyl (C=O) groups is 2. The summed E-state index contributed by atoms with van der Waals surface area (Å²) in [6.07, 6.45) is 0.750. The number of halogens is 2. The van der Waals surface area contributed by atoms with Crippen molar-refractivity contribution >= 4 is 12.3 Å². The molecule has 2 amide bonds. The van der Waals surface area contributed by atoms with Crippen LogP contribution in [-0.2, 0) is 9.59 Å². The quantitative estimate of drug-likeness (QED) is 0.763. The standard InChI is InChI=1S/C13H14F2N2O3/c14-11-2-1-10(7-12(11)15)20-8-13(19)17-5-3-16(9-18)4-6-17/h1-2,7,9H,3-6,8H2. The molecule has 1 heterocycles. The molecule has 5 nitrogen and oxygen atoms in total. The van der Waals surface area contributed by atoms with E-state index in [1.165, 1.54) is 6.07 Å². The normalized spacial score (nSPS) is 15.1. The number of nitrogens with zero attached hydrogens (tertiary/aromatic N) is 2. The molecule has 0 bridgehead atoms. The fourth-order valence-corrected chi connectivity index (χ4v) is 1.88. The lowest BCUT2D eigenvalue weighted by Gasteiger charge is -2.32. The van der Waals surface area contributed by atoms with Gasteiger partial charge >= 0.3 is 0 Å². The second kappa shape index (κ2) is 6.31. The molecule has 0 unspecified atom stereocenters. The SMILES string of the molecule is O=CN1CCN(C(=O)COc2ccc(F)c(F)c2)CC1. The van der Waals surface area contributed by atoms with E-state index in [2.05, 4.69) is 0 Å². The highest BCUT2D eigenvalue weighted by atomic mass is 19.2. The predicted molar refractivity (Wildman–Crippen MR) is 66.1 cm³/mol. The highest BCUT2D eigenvalue weighted by molar-refractivity contribution is 5.78. The molecule has 1 aliphatic rings.